The van der Waals surface area contributed by atoms with Crippen LogP contribution < -0.4 is 4.90 Å². The molecule has 0 amide bonds. The van der Waals surface area contributed by atoms with Crippen molar-refractivity contribution in [1.82, 2.24) is 4.31 Å². The van der Waals surface area contributed by atoms with Gasteiger partial charge in [-0.05, 0) is 36.6 Å². The van der Waals surface area contributed by atoms with Crippen LogP contribution in [0.4, 0.5) is 5.69 Å². The minimum absolute atomic E-state index is 0.196. The maximum Gasteiger partial charge on any atom is 0.121 e. The minimum atomic E-state index is -1.18. The van der Waals surface area contributed by atoms with Crippen molar-refractivity contribution in [1.29, 1.82) is 10.8 Å². The second kappa shape index (κ2) is 10.8. The lowest BCUT2D eigenvalue weighted by atomic mass is 9.87. The highest BCUT2D eigenvalue weighted by molar-refractivity contribution is 7.81. The molecule has 30 heavy (non-hydrogen) atoms. The quantitative estimate of drug-likeness (QED) is 0.475. The summed E-state index contributed by atoms with van der Waals surface area (Å²) >= 11 is 6.15. The molecule has 4 rings (SSSR count). The zero-order valence-corrected chi connectivity index (χ0v) is 18.9. The van der Waals surface area contributed by atoms with Crippen molar-refractivity contribution in [2.24, 2.45) is 5.92 Å². The lowest BCUT2D eigenvalue weighted by molar-refractivity contribution is 0.436. The van der Waals surface area contributed by atoms with Crippen molar-refractivity contribution < 1.29 is 4.21 Å². The summed E-state index contributed by atoms with van der Waals surface area (Å²) in [6.45, 7) is 0.736. The molecule has 5 nitrogen and oxygen atoms in total. The summed E-state index contributed by atoms with van der Waals surface area (Å²) in [5.41, 5.74) is 1.74. The highest BCUT2D eigenvalue weighted by Gasteiger charge is 2.31. The number of nitrogens with zero attached hydrogens (tertiary/aromatic N) is 2. The van der Waals surface area contributed by atoms with E-state index < -0.39 is 11.0 Å². The van der Waals surface area contributed by atoms with Crippen molar-refractivity contribution in [3.05, 3.63) is 65.2 Å². The topological polar surface area (TPSA) is 71.2 Å². The first-order valence-electron chi connectivity index (χ1n) is 10.3. The Balaban J connectivity index is 0.000000367. The molecule has 2 N–H and O–H groups in total. The van der Waals surface area contributed by atoms with Crippen LogP contribution in [0.15, 0.2) is 54.6 Å². The average Bonchev–Trinajstić information content (AvgIpc) is 2.91. The van der Waals surface area contributed by atoms with Crippen LogP contribution in [0.25, 0.3) is 0 Å². The number of hydrogen-bond acceptors (Lipinski definition) is 3. The van der Waals surface area contributed by atoms with Gasteiger partial charge in [-0.15, -0.1) is 0 Å². The van der Waals surface area contributed by atoms with E-state index in [0.717, 1.165) is 36.9 Å². The molecule has 2 aromatic carbocycles. The molecule has 1 aliphatic carbocycles. The molecule has 1 fully saturated rings. The molecule has 2 aromatic rings. The third kappa shape index (κ3) is 5.78. The summed E-state index contributed by atoms with van der Waals surface area (Å²) in [5.74, 6) is 0.996. The third-order valence-electron chi connectivity index (χ3n) is 5.49. The van der Waals surface area contributed by atoms with Crippen LogP contribution in [-0.2, 0) is 17.5 Å². The van der Waals surface area contributed by atoms with E-state index in [2.05, 4.69) is 0 Å². The van der Waals surface area contributed by atoms with Gasteiger partial charge in [0.1, 0.15) is 11.7 Å². The number of amidine groups is 2. The van der Waals surface area contributed by atoms with Gasteiger partial charge in [0.05, 0.1) is 23.2 Å². The minimum Gasteiger partial charge on any atom is -0.288 e. The monoisotopic (exact) mass is 444 g/mol. The number of hydrogen-bond donors (Lipinski definition) is 2. The van der Waals surface area contributed by atoms with Gasteiger partial charge in [-0.1, -0.05) is 67.3 Å². The van der Waals surface area contributed by atoms with E-state index in [1.54, 1.807) is 21.5 Å². The predicted molar refractivity (Wildman–Crippen MR) is 127 cm³/mol. The van der Waals surface area contributed by atoms with Gasteiger partial charge in [-0.2, -0.15) is 0 Å². The van der Waals surface area contributed by atoms with E-state index in [1.807, 2.05) is 48.5 Å². The van der Waals surface area contributed by atoms with E-state index in [-0.39, 0.29) is 12.5 Å². The highest BCUT2D eigenvalue weighted by atomic mass is 35.5. The predicted octanol–water partition coefficient (Wildman–Crippen LogP) is 5.48. The Morgan fingerprint density at radius 1 is 1.03 bits per heavy atom. The fraction of sp³-hybridized carbons (Fsp3) is 0.391. The van der Waals surface area contributed by atoms with Gasteiger partial charge in [0.25, 0.3) is 0 Å². The van der Waals surface area contributed by atoms with E-state index >= 15 is 0 Å². The smallest absolute Gasteiger partial charge is 0.121 e. The zero-order valence-electron chi connectivity index (χ0n) is 17.3. The largest absolute Gasteiger partial charge is 0.288 e. The molecule has 0 bridgehead atoms. The first kappa shape index (κ1) is 22.7. The van der Waals surface area contributed by atoms with Crippen LogP contribution in [0.3, 0.4) is 0 Å². The van der Waals surface area contributed by atoms with Crippen molar-refractivity contribution in [2.75, 3.05) is 17.7 Å². The molecule has 1 aliphatic heterocycles. The summed E-state index contributed by atoms with van der Waals surface area (Å²) in [6, 6.07) is 17.5. The highest BCUT2D eigenvalue weighted by Crippen LogP contribution is 2.33. The van der Waals surface area contributed by atoms with Crippen LogP contribution >= 0.6 is 11.6 Å². The molecule has 0 spiro atoms. The van der Waals surface area contributed by atoms with Gasteiger partial charge in [-0.25, -0.2) is 8.51 Å². The number of rotatable bonds is 2. The van der Waals surface area contributed by atoms with E-state index in [0.29, 0.717) is 23.2 Å². The van der Waals surface area contributed by atoms with E-state index in [4.69, 9.17) is 22.4 Å². The van der Waals surface area contributed by atoms with Crippen molar-refractivity contribution >= 4 is 39.9 Å². The van der Waals surface area contributed by atoms with Gasteiger partial charge >= 0.3 is 0 Å². The molecule has 1 heterocycles. The maximum atomic E-state index is 12.0. The Kier molecular flexibility index (Phi) is 8.19. The third-order valence-corrected chi connectivity index (χ3v) is 6.71. The second-order valence-corrected chi connectivity index (χ2v) is 9.45. The first-order valence-corrected chi connectivity index (χ1v) is 12.2. The van der Waals surface area contributed by atoms with Gasteiger partial charge in [0.2, 0.25) is 0 Å². The number of halogens is 1. The molecule has 1 unspecified atom stereocenters. The van der Waals surface area contributed by atoms with Crippen molar-refractivity contribution in [3.63, 3.8) is 0 Å². The average molecular weight is 445 g/mol. The molecule has 1 atom stereocenters. The lowest BCUT2D eigenvalue weighted by Crippen LogP contribution is -2.44. The molecule has 7 heteroatoms. The maximum absolute atomic E-state index is 12.0. The van der Waals surface area contributed by atoms with Crippen LogP contribution in [0.1, 0.15) is 37.7 Å². The molecule has 0 radical (unpaired) electrons. The van der Waals surface area contributed by atoms with Crippen molar-refractivity contribution in [2.45, 2.75) is 38.6 Å². The molecule has 1 saturated carbocycles. The zero-order chi connectivity index (χ0) is 21.5. The molecule has 160 valence electrons. The Hall–Kier alpha value is -2.02. The van der Waals surface area contributed by atoms with E-state index in [1.165, 1.54) is 6.42 Å². The summed E-state index contributed by atoms with van der Waals surface area (Å²) in [5, 5.41) is 17.9. The van der Waals surface area contributed by atoms with Gasteiger partial charge in [0, 0.05) is 23.7 Å². The van der Waals surface area contributed by atoms with Crippen LogP contribution in [0.2, 0.25) is 5.02 Å². The summed E-state index contributed by atoms with van der Waals surface area (Å²) in [7, 11) is -1.18. The summed E-state index contributed by atoms with van der Waals surface area (Å²) < 4.78 is 13.7. The van der Waals surface area contributed by atoms with Crippen LogP contribution in [0.5, 0.6) is 0 Å². The first-order chi connectivity index (χ1) is 14.5. The Morgan fingerprint density at radius 2 is 1.63 bits per heavy atom. The molecule has 0 aromatic heterocycles. The number of anilines is 1. The van der Waals surface area contributed by atoms with Gasteiger partial charge in [0.15, 0.2) is 0 Å². The van der Waals surface area contributed by atoms with Gasteiger partial charge < -0.3 is 0 Å². The number of nitrogens with one attached hydrogen (secondary N) is 2. The number of fused-ring (bicyclic) bond motifs is 1. The number of benzene rings is 2. The van der Waals surface area contributed by atoms with E-state index in [9.17, 15) is 4.21 Å². The van der Waals surface area contributed by atoms with Crippen LogP contribution in [-0.4, -0.2) is 33.0 Å². The fourth-order valence-corrected chi connectivity index (χ4v) is 4.75. The molecule has 0 saturated heterocycles. The Labute approximate surface area is 186 Å². The summed E-state index contributed by atoms with van der Waals surface area (Å²) in [4.78, 5) is 1.74. The molecular formula is C23H29ClN4OS. The Morgan fingerprint density at radius 3 is 2.20 bits per heavy atom. The second-order valence-electron chi connectivity index (χ2n) is 7.65. The van der Waals surface area contributed by atoms with Crippen molar-refractivity contribution in [3.8, 4) is 0 Å². The molecular weight excluding hydrogens is 416 g/mol. The van der Waals surface area contributed by atoms with Gasteiger partial charge in [-0.3, -0.25) is 15.7 Å². The normalized spacial score (nSPS) is 18.6. The standard InChI is InChI=1S/C17H23ClN4OS.C6H6/c1-24(23)21-10-13-9-14(18)7-8-15(13)22(16(19)11-21)17(20)12-5-3-2-4-6-12;1-2-4-6-5-3-1/h7-9,12,19-20H,2-6,10-11H2,1H3;1-6H. The van der Waals surface area contributed by atoms with Crippen LogP contribution in [0, 0.1) is 16.7 Å². The summed E-state index contributed by atoms with van der Waals surface area (Å²) in [6.07, 6.45) is 7.17. The SMILES string of the molecule is CS(=O)N1CC(=N)N(C(=N)C2CCCCC2)c2ccc(Cl)cc2C1.c1ccccc1. The Bertz CT molecular complexity index is 873. The lowest BCUT2D eigenvalue weighted by Gasteiger charge is -2.32. The molecule has 2 aliphatic rings. The fourth-order valence-electron chi connectivity index (χ4n) is 3.93.